The van der Waals surface area contributed by atoms with Crippen LogP contribution < -0.4 is 0 Å². The second-order valence-corrected chi connectivity index (χ2v) is 11.3. The van der Waals surface area contributed by atoms with Crippen molar-refractivity contribution < 1.29 is 24.5 Å². The molecule has 46 heavy (non-hydrogen) atoms. The van der Waals surface area contributed by atoms with Gasteiger partial charge in [0, 0.05) is 54.2 Å². The first-order valence-electron chi connectivity index (χ1n) is 15.0. The minimum absolute atomic E-state index is 0. The molecule has 5 aromatic carbocycles. The van der Waals surface area contributed by atoms with Crippen LogP contribution in [0.3, 0.4) is 0 Å². The van der Waals surface area contributed by atoms with Crippen LogP contribution in [0.1, 0.15) is 5.56 Å². The predicted molar refractivity (Wildman–Crippen MR) is 184 cm³/mol. The van der Waals surface area contributed by atoms with E-state index in [-0.39, 0.29) is 20.1 Å². The Balaban J connectivity index is 0.000000204. The first-order valence-corrected chi connectivity index (χ1v) is 15.0. The second kappa shape index (κ2) is 11.2. The topological polar surface area (TPSA) is 43.3 Å². The maximum atomic E-state index is 6.44. The molecule has 0 aliphatic carbocycles. The van der Waals surface area contributed by atoms with Crippen LogP contribution in [0.4, 0.5) is 0 Å². The number of fused-ring (bicyclic) bond motifs is 10. The van der Waals surface area contributed by atoms with Crippen molar-refractivity contribution in [2.75, 3.05) is 0 Å². The van der Waals surface area contributed by atoms with Gasteiger partial charge in [0.05, 0.1) is 10.9 Å². The summed E-state index contributed by atoms with van der Waals surface area (Å²) in [6.45, 7) is 2.06. The molecule has 4 nitrogen and oxygen atoms in total. The fraction of sp³-hybridized carbons (Fsp3) is 0.0244. The molecule has 0 bridgehead atoms. The van der Waals surface area contributed by atoms with E-state index >= 15 is 0 Å². The van der Waals surface area contributed by atoms with E-state index in [0.29, 0.717) is 0 Å². The number of rotatable bonds is 2. The molecular formula is C41H25IrN3O-2. The van der Waals surface area contributed by atoms with Crippen molar-refractivity contribution in [3.05, 3.63) is 151 Å². The van der Waals surface area contributed by atoms with Crippen molar-refractivity contribution in [2.45, 2.75) is 6.92 Å². The molecule has 0 fully saturated rings. The molecule has 0 atom stereocenters. The maximum Gasteiger partial charge on any atom is 0.145 e. The SMILES string of the molecule is Cc1ccc(-c2[c-]cc3c(c2)c2cc4c5ccccc5oc4c4c5ccccc5n3c24)nc1.[Ir].[c-]1ccccc1-c1ccccn1. The average Bonchev–Trinajstić information content (AvgIpc) is 3.76. The van der Waals surface area contributed by atoms with Crippen LogP contribution in [0, 0.1) is 19.1 Å². The summed E-state index contributed by atoms with van der Waals surface area (Å²) in [5.41, 5.74) is 10.6. The molecule has 1 radical (unpaired) electrons. The molecule has 10 rings (SSSR count). The van der Waals surface area contributed by atoms with Crippen molar-refractivity contribution in [3.8, 4) is 22.5 Å². The standard InChI is InChI=1S/C30H17N2O.C11H8N.Ir/c1-17-10-12-24(31-16-17)18-11-13-26-21(14-18)22-15-23-19-6-3-5-9-27(19)33-30(23)28-20-7-2-4-8-25(20)32(26)29(22)28;1-2-6-10(7-3-1)11-8-4-5-9-12-11;/h2-10,12-16H,1H3;1-6,8-9H;/q2*-1;. The van der Waals surface area contributed by atoms with E-state index in [0.717, 1.165) is 55.5 Å². The number of aromatic nitrogens is 3. The Labute approximate surface area is 278 Å². The molecule has 0 N–H and O–H groups in total. The fourth-order valence-corrected chi connectivity index (χ4v) is 6.52. The Bertz CT molecular complexity index is 2600. The number of nitrogens with zero attached hydrogens (tertiary/aromatic N) is 3. The number of para-hydroxylation sites is 2. The Hall–Kier alpha value is -5.35. The molecule has 5 heterocycles. The van der Waals surface area contributed by atoms with Gasteiger partial charge < -0.3 is 18.8 Å². The van der Waals surface area contributed by atoms with E-state index < -0.39 is 0 Å². The summed E-state index contributed by atoms with van der Waals surface area (Å²) in [6.07, 6.45) is 3.70. The van der Waals surface area contributed by atoms with Gasteiger partial charge in [-0.3, -0.25) is 0 Å². The van der Waals surface area contributed by atoms with Crippen LogP contribution in [-0.2, 0) is 20.1 Å². The number of benzene rings is 5. The number of pyridine rings is 2. The van der Waals surface area contributed by atoms with Crippen LogP contribution in [0.25, 0.3) is 82.5 Å². The third kappa shape index (κ3) is 4.39. The van der Waals surface area contributed by atoms with Crippen molar-refractivity contribution in [1.29, 1.82) is 0 Å². The summed E-state index contributed by atoms with van der Waals surface area (Å²) < 4.78 is 8.81. The van der Waals surface area contributed by atoms with E-state index in [1.807, 2.05) is 54.7 Å². The fourth-order valence-electron chi connectivity index (χ4n) is 6.52. The third-order valence-electron chi connectivity index (χ3n) is 8.58. The first-order chi connectivity index (χ1) is 22.2. The number of hydrogen-bond acceptors (Lipinski definition) is 3. The van der Waals surface area contributed by atoms with Gasteiger partial charge in [0.2, 0.25) is 0 Å². The zero-order valence-electron chi connectivity index (χ0n) is 24.8. The van der Waals surface area contributed by atoms with Gasteiger partial charge in [-0.2, -0.15) is 0 Å². The van der Waals surface area contributed by atoms with Gasteiger partial charge in [-0.25, -0.2) is 0 Å². The Morgan fingerprint density at radius 3 is 2.24 bits per heavy atom. The predicted octanol–water partition coefficient (Wildman–Crippen LogP) is 10.5. The molecule has 0 saturated carbocycles. The molecule has 10 aromatic rings. The van der Waals surface area contributed by atoms with E-state index in [2.05, 4.69) is 106 Å². The quantitative estimate of drug-likeness (QED) is 0.165. The van der Waals surface area contributed by atoms with Crippen LogP contribution in [0.5, 0.6) is 0 Å². The van der Waals surface area contributed by atoms with Crippen LogP contribution in [0.2, 0.25) is 0 Å². The molecule has 5 aromatic heterocycles. The molecule has 0 aliphatic heterocycles. The molecule has 0 spiro atoms. The second-order valence-electron chi connectivity index (χ2n) is 11.3. The summed E-state index contributed by atoms with van der Waals surface area (Å²) in [7, 11) is 0. The van der Waals surface area contributed by atoms with Gasteiger partial charge in [-0.15, -0.1) is 59.7 Å². The average molecular weight is 768 g/mol. The molecule has 221 valence electrons. The summed E-state index contributed by atoms with van der Waals surface area (Å²) in [4.78, 5) is 8.86. The molecule has 0 unspecified atom stereocenters. The van der Waals surface area contributed by atoms with Crippen LogP contribution in [-0.4, -0.2) is 14.4 Å². The van der Waals surface area contributed by atoms with Crippen molar-refractivity contribution >= 4 is 60.0 Å². The van der Waals surface area contributed by atoms with E-state index in [1.165, 1.54) is 32.6 Å². The number of aryl methyl sites for hydroxylation is 1. The van der Waals surface area contributed by atoms with Crippen molar-refractivity contribution in [1.82, 2.24) is 14.4 Å². The van der Waals surface area contributed by atoms with E-state index in [1.54, 1.807) is 6.20 Å². The number of hydrogen-bond donors (Lipinski definition) is 0. The van der Waals surface area contributed by atoms with Gasteiger partial charge in [0.25, 0.3) is 0 Å². The summed E-state index contributed by atoms with van der Waals surface area (Å²) in [5.74, 6) is 0. The zero-order chi connectivity index (χ0) is 29.9. The van der Waals surface area contributed by atoms with Crippen LogP contribution >= 0.6 is 0 Å². The monoisotopic (exact) mass is 768 g/mol. The Morgan fingerprint density at radius 1 is 0.630 bits per heavy atom. The largest absolute Gasteiger partial charge is 0.455 e. The molecule has 5 heteroatoms. The minimum Gasteiger partial charge on any atom is -0.455 e. The Kier molecular flexibility index (Phi) is 6.87. The summed E-state index contributed by atoms with van der Waals surface area (Å²) in [5, 5.41) is 7.15. The molecule has 0 saturated heterocycles. The van der Waals surface area contributed by atoms with E-state index in [9.17, 15) is 0 Å². The summed E-state index contributed by atoms with van der Waals surface area (Å²) in [6, 6.07) is 48.0. The number of furan rings is 1. The minimum atomic E-state index is 0. The van der Waals surface area contributed by atoms with Gasteiger partial charge in [-0.05, 0) is 59.0 Å². The summed E-state index contributed by atoms with van der Waals surface area (Å²) >= 11 is 0. The third-order valence-corrected chi connectivity index (χ3v) is 8.58. The molecule has 0 amide bonds. The molecular weight excluding hydrogens is 743 g/mol. The normalized spacial score (nSPS) is 11.4. The smallest absolute Gasteiger partial charge is 0.145 e. The van der Waals surface area contributed by atoms with Gasteiger partial charge in [0.15, 0.2) is 0 Å². The molecule has 0 aliphatic rings. The zero-order valence-corrected chi connectivity index (χ0v) is 27.2. The van der Waals surface area contributed by atoms with Gasteiger partial charge >= 0.3 is 0 Å². The van der Waals surface area contributed by atoms with E-state index in [4.69, 9.17) is 4.42 Å². The Morgan fingerprint density at radius 2 is 1.43 bits per heavy atom. The van der Waals surface area contributed by atoms with Crippen LogP contribution in [0.15, 0.2) is 138 Å². The first kappa shape index (κ1) is 28.1. The van der Waals surface area contributed by atoms with Crippen molar-refractivity contribution in [3.63, 3.8) is 0 Å². The maximum absolute atomic E-state index is 6.44. The van der Waals surface area contributed by atoms with Crippen molar-refractivity contribution in [2.24, 2.45) is 0 Å². The van der Waals surface area contributed by atoms with Gasteiger partial charge in [-0.1, -0.05) is 66.0 Å². The van der Waals surface area contributed by atoms with Gasteiger partial charge in [0.1, 0.15) is 11.2 Å².